The Balaban J connectivity index is 2.61. The van der Waals surface area contributed by atoms with Crippen molar-refractivity contribution in [3.8, 4) is 0 Å². The zero-order chi connectivity index (χ0) is 10.6. The molecule has 2 aromatic rings. The number of hydrogen-bond donors (Lipinski definition) is 0. The molecule has 15 heavy (non-hydrogen) atoms. The molecule has 0 radical (unpaired) electrons. The second kappa shape index (κ2) is 3.24. The van der Waals surface area contributed by atoms with Crippen molar-refractivity contribution in [2.45, 2.75) is 0 Å². The second-order valence-corrected chi connectivity index (χ2v) is 5.14. The van der Waals surface area contributed by atoms with Gasteiger partial charge in [0.05, 0.1) is 0 Å². The summed E-state index contributed by atoms with van der Waals surface area (Å²) in [4.78, 5) is 0. The fraction of sp³-hybridized carbons (Fsp3) is 0. The molecule has 0 atom stereocenters. The van der Waals surface area contributed by atoms with Gasteiger partial charge in [-0.2, -0.15) is 0 Å². The lowest BCUT2D eigenvalue weighted by atomic mass is 10.0. The summed E-state index contributed by atoms with van der Waals surface area (Å²) in [6.45, 7) is 0. The van der Waals surface area contributed by atoms with E-state index >= 15 is 0 Å². The normalized spacial score (nSPS) is 13.4. The summed E-state index contributed by atoms with van der Waals surface area (Å²) >= 11 is 15.9. The molecule has 0 saturated heterocycles. The van der Waals surface area contributed by atoms with Gasteiger partial charge in [0.2, 0.25) is 0 Å². The SMILES string of the molecule is Clc1ccc2c3c(ccc(Cl)c13)C(Br)=C2. The van der Waals surface area contributed by atoms with E-state index in [2.05, 4.69) is 22.0 Å². The molecule has 2 aromatic carbocycles. The van der Waals surface area contributed by atoms with Crippen LogP contribution in [-0.2, 0) is 0 Å². The van der Waals surface area contributed by atoms with Crippen LogP contribution >= 0.6 is 39.1 Å². The van der Waals surface area contributed by atoms with Crippen LogP contribution in [0.3, 0.4) is 0 Å². The highest BCUT2D eigenvalue weighted by molar-refractivity contribution is 9.15. The van der Waals surface area contributed by atoms with Crippen LogP contribution in [-0.4, -0.2) is 0 Å². The van der Waals surface area contributed by atoms with Crippen LogP contribution in [0.1, 0.15) is 11.1 Å². The van der Waals surface area contributed by atoms with Crippen molar-refractivity contribution in [3.05, 3.63) is 45.4 Å². The van der Waals surface area contributed by atoms with Crippen LogP contribution in [0.25, 0.3) is 21.3 Å². The number of benzene rings is 2. The Bertz CT molecular complexity index is 606. The molecule has 0 bridgehead atoms. The van der Waals surface area contributed by atoms with Crippen molar-refractivity contribution < 1.29 is 0 Å². The zero-order valence-electron chi connectivity index (χ0n) is 7.52. The van der Waals surface area contributed by atoms with E-state index < -0.39 is 0 Å². The van der Waals surface area contributed by atoms with Gasteiger partial charge in [0.25, 0.3) is 0 Å². The van der Waals surface area contributed by atoms with E-state index in [1.165, 1.54) is 5.56 Å². The second-order valence-electron chi connectivity index (χ2n) is 3.47. The van der Waals surface area contributed by atoms with Gasteiger partial charge in [-0.15, -0.1) is 0 Å². The Morgan fingerprint density at radius 1 is 0.867 bits per heavy atom. The number of hydrogen-bond acceptors (Lipinski definition) is 0. The highest BCUT2D eigenvalue weighted by Gasteiger charge is 2.17. The lowest BCUT2D eigenvalue weighted by Gasteiger charge is -2.06. The van der Waals surface area contributed by atoms with Crippen LogP contribution in [0.5, 0.6) is 0 Å². The minimum absolute atomic E-state index is 0.705. The molecule has 0 fully saturated rings. The first-order valence-corrected chi connectivity index (χ1v) is 6.01. The minimum Gasteiger partial charge on any atom is -0.0836 e. The molecule has 0 heterocycles. The molecule has 0 amide bonds. The average molecular weight is 300 g/mol. The maximum atomic E-state index is 6.16. The maximum absolute atomic E-state index is 6.16. The van der Waals surface area contributed by atoms with E-state index in [9.17, 15) is 0 Å². The third-order valence-electron chi connectivity index (χ3n) is 2.63. The molecule has 3 rings (SSSR count). The fourth-order valence-corrected chi connectivity index (χ4v) is 3.12. The average Bonchev–Trinajstić information content (AvgIpc) is 2.52. The van der Waals surface area contributed by atoms with Crippen LogP contribution in [0.2, 0.25) is 10.0 Å². The van der Waals surface area contributed by atoms with Gasteiger partial charge in [-0.3, -0.25) is 0 Å². The molecule has 74 valence electrons. The highest BCUT2D eigenvalue weighted by Crippen LogP contribution is 2.44. The van der Waals surface area contributed by atoms with Crippen LogP contribution in [0, 0.1) is 0 Å². The van der Waals surface area contributed by atoms with Gasteiger partial charge in [-0.1, -0.05) is 51.3 Å². The van der Waals surface area contributed by atoms with E-state index in [0.29, 0.717) is 10.0 Å². The highest BCUT2D eigenvalue weighted by atomic mass is 79.9. The number of rotatable bonds is 0. The molecule has 0 saturated carbocycles. The monoisotopic (exact) mass is 298 g/mol. The summed E-state index contributed by atoms with van der Waals surface area (Å²) in [5.41, 5.74) is 2.32. The Morgan fingerprint density at radius 2 is 1.53 bits per heavy atom. The largest absolute Gasteiger partial charge is 0.0836 e. The summed E-state index contributed by atoms with van der Waals surface area (Å²) in [6.07, 6.45) is 2.09. The molecule has 1 aliphatic rings. The topological polar surface area (TPSA) is 0 Å². The van der Waals surface area contributed by atoms with Crippen molar-refractivity contribution in [2.24, 2.45) is 0 Å². The van der Waals surface area contributed by atoms with E-state index in [0.717, 1.165) is 20.8 Å². The van der Waals surface area contributed by atoms with Gasteiger partial charge in [0.1, 0.15) is 0 Å². The first-order chi connectivity index (χ1) is 7.18. The third kappa shape index (κ3) is 1.27. The van der Waals surface area contributed by atoms with Crippen molar-refractivity contribution >= 4 is 60.5 Å². The molecular formula is C12H5BrCl2. The molecule has 0 aliphatic heterocycles. The summed E-state index contributed by atoms with van der Waals surface area (Å²) in [5.74, 6) is 0. The van der Waals surface area contributed by atoms with Gasteiger partial charge >= 0.3 is 0 Å². The Kier molecular flexibility index (Phi) is 2.10. The van der Waals surface area contributed by atoms with Gasteiger partial charge < -0.3 is 0 Å². The van der Waals surface area contributed by atoms with Crippen molar-refractivity contribution in [3.63, 3.8) is 0 Å². The van der Waals surface area contributed by atoms with Gasteiger partial charge in [0.15, 0.2) is 0 Å². The molecule has 0 unspecified atom stereocenters. The maximum Gasteiger partial charge on any atom is 0.0500 e. The number of halogens is 3. The van der Waals surface area contributed by atoms with Gasteiger partial charge in [0, 0.05) is 25.3 Å². The lowest BCUT2D eigenvalue weighted by molar-refractivity contribution is 1.71. The third-order valence-corrected chi connectivity index (χ3v) is 3.92. The van der Waals surface area contributed by atoms with E-state index in [1.807, 2.05) is 24.3 Å². The van der Waals surface area contributed by atoms with Gasteiger partial charge in [-0.05, 0) is 29.3 Å². The van der Waals surface area contributed by atoms with Crippen LogP contribution in [0.15, 0.2) is 24.3 Å². The Hall–Kier alpha value is -0.500. The molecular weight excluding hydrogens is 295 g/mol. The first kappa shape index (κ1) is 9.71. The van der Waals surface area contributed by atoms with E-state index in [4.69, 9.17) is 23.2 Å². The molecule has 1 aliphatic carbocycles. The molecule has 0 aromatic heterocycles. The smallest absolute Gasteiger partial charge is 0.0500 e. The van der Waals surface area contributed by atoms with Crippen LogP contribution in [0.4, 0.5) is 0 Å². The van der Waals surface area contributed by atoms with E-state index in [1.54, 1.807) is 0 Å². The molecule has 0 N–H and O–H groups in total. The predicted octanol–water partition coefficient (Wildman–Crippen LogP) is 5.35. The quantitative estimate of drug-likeness (QED) is 0.615. The Labute approximate surface area is 106 Å². The summed E-state index contributed by atoms with van der Waals surface area (Å²) in [6, 6.07) is 7.79. The summed E-state index contributed by atoms with van der Waals surface area (Å²) < 4.78 is 1.08. The first-order valence-electron chi connectivity index (χ1n) is 4.47. The Morgan fingerprint density at radius 3 is 2.27 bits per heavy atom. The molecule has 3 heteroatoms. The zero-order valence-corrected chi connectivity index (χ0v) is 10.6. The minimum atomic E-state index is 0.705. The van der Waals surface area contributed by atoms with Crippen molar-refractivity contribution in [1.82, 2.24) is 0 Å². The molecule has 0 spiro atoms. The predicted molar refractivity (Wildman–Crippen MR) is 70.8 cm³/mol. The van der Waals surface area contributed by atoms with E-state index in [-0.39, 0.29) is 0 Å². The van der Waals surface area contributed by atoms with Crippen molar-refractivity contribution in [2.75, 3.05) is 0 Å². The molecule has 0 nitrogen and oxygen atoms in total. The standard InChI is InChI=1S/C12H5BrCl2/c13-8-5-6-1-3-9(14)12-10(15)4-2-7(8)11(6)12/h1-5H. The van der Waals surface area contributed by atoms with Crippen LogP contribution < -0.4 is 0 Å². The van der Waals surface area contributed by atoms with Gasteiger partial charge in [-0.25, -0.2) is 0 Å². The summed E-state index contributed by atoms with van der Waals surface area (Å²) in [5, 5.41) is 3.49. The lowest BCUT2D eigenvalue weighted by Crippen LogP contribution is -1.81. The fourth-order valence-electron chi connectivity index (χ4n) is 1.97. The summed E-state index contributed by atoms with van der Waals surface area (Å²) in [7, 11) is 0. The van der Waals surface area contributed by atoms with Crippen molar-refractivity contribution in [1.29, 1.82) is 0 Å².